The molecule has 4 rings (SSSR count). The van der Waals surface area contributed by atoms with E-state index in [0.29, 0.717) is 50.2 Å². The number of rotatable bonds is 5. The summed E-state index contributed by atoms with van der Waals surface area (Å²) in [4.78, 5) is 19.8. The predicted molar refractivity (Wildman–Crippen MR) is 128 cm³/mol. The Balaban J connectivity index is 1.56. The lowest BCUT2D eigenvalue weighted by Gasteiger charge is -2.41. The summed E-state index contributed by atoms with van der Waals surface area (Å²) in [5, 5.41) is 27.8. The molecule has 1 aromatic rings. The number of piperidine rings is 1. The number of halogens is 4. The number of fused-ring (bicyclic) bond motifs is 1. The van der Waals surface area contributed by atoms with Crippen molar-refractivity contribution >= 4 is 17.6 Å². The third kappa shape index (κ3) is 5.32. The lowest BCUT2D eigenvalue weighted by molar-refractivity contribution is -0.140. The Morgan fingerprint density at radius 3 is 2.68 bits per heavy atom. The average Bonchev–Trinajstić information content (AvgIpc) is 3.23. The topological polar surface area (TPSA) is 104 Å². The second-order valence-electron chi connectivity index (χ2n) is 9.78. The van der Waals surface area contributed by atoms with E-state index in [1.54, 1.807) is 11.1 Å². The van der Waals surface area contributed by atoms with Crippen molar-refractivity contribution in [3.63, 3.8) is 0 Å². The highest BCUT2D eigenvalue weighted by molar-refractivity contribution is 6.25. The van der Waals surface area contributed by atoms with Crippen LogP contribution in [0.5, 0.6) is 0 Å². The Labute approximate surface area is 211 Å². The number of hydrazone groups is 1. The van der Waals surface area contributed by atoms with Gasteiger partial charge in [0, 0.05) is 37.1 Å². The Morgan fingerprint density at radius 1 is 1.35 bits per heavy atom. The minimum atomic E-state index is -4.86. The van der Waals surface area contributed by atoms with Gasteiger partial charge in [0.15, 0.2) is 5.84 Å². The van der Waals surface area contributed by atoms with Gasteiger partial charge in [-0.15, -0.1) is 0 Å². The first-order valence-corrected chi connectivity index (χ1v) is 12.0. The summed E-state index contributed by atoms with van der Waals surface area (Å²) in [6, 6.07) is 3.94. The molecule has 0 bridgehead atoms. The molecule has 12 heteroatoms. The smallest absolute Gasteiger partial charge is 0.396 e. The van der Waals surface area contributed by atoms with Crippen molar-refractivity contribution in [1.82, 2.24) is 15.2 Å². The minimum Gasteiger partial charge on any atom is -0.396 e. The lowest BCUT2D eigenvalue weighted by Crippen LogP contribution is -2.47. The summed E-state index contributed by atoms with van der Waals surface area (Å²) in [7, 11) is 0. The van der Waals surface area contributed by atoms with E-state index >= 15 is 0 Å². The quantitative estimate of drug-likeness (QED) is 0.580. The predicted octanol–water partition coefficient (Wildman–Crippen LogP) is 3.37. The van der Waals surface area contributed by atoms with Crippen molar-refractivity contribution in [1.29, 1.82) is 5.26 Å². The standard InChI is InChI=1S/C25H28F4N6O2/c1-15-13-35-22(31-15)18(12-20(33-35)34-10-7-24(14-36,6-9-30)8-11-34)23(37)32-16(2)17-4-3-5-19(21(17)26)25(27,28)29/h3-5,12,15-16,36H,6-8,10-11,13-14H2,1-2H3,(H,32,37)/t15-,16-/m1/s1. The zero-order valence-corrected chi connectivity index (χ0v) is 20.5. The number of hydrogen-bond acceptors (Lipinski definition) is 7. The van der Waals surface area contributed by atoms with E-state index in [1.807, 2.05) is 11.8 Å². The molecule has 1 amide bonds. The van der Waals surface area contributed by atoms with Crippen molar-refractivity contribution in [3.8, 4) is 6.07 Å². The molecule has 2 atom stereocenters. The van der Waals surface area contributed by atoms with Crippen LogP contribution in [0.4, 0.5) is 17.6 Å². The fraction of sp³-hybridized carbons (Fsp3) is 0.520. The molecule has 8 nitrogen and oxygen atoms in total. The van der Waals surface area contributed by atoms with Crippen LogP contribution in [-0.2, 0) is 11.0 Å². The fourth-order valence-corrected chi connectivity index (χ4v) is 4.84. The highest BCUT2D eigenvalue weighted by Crippen LogP contribution is 2.36. The zero-order valence-electron chi connectivity index (χ0n) is 20.5. The number of carbonyl (C=O) groups excluding carboxylic acids is 1. The van der Waals surface area contributed by atoms with Crippen LogP contribution in [0.1, 0.15) is 50.3 Å². The number of alkyl halides is 3. The number of carbonyl (C=O) groups is 1. The number of amides is 1. The first-order valence-electron chi connectivity index (χ1n) is 12.0. The third-order valence-corrected chi connectivity index (χ3v) is 7.09. The normalized spacial score (nSPS) is 21.9. The number of aliphatic hydroxyl groups excluding tert-OH is 1. The molecule has 0 spiro atoms. The first-order chi connectivity index (χ1) is 17.5. The number of aliphatic hydroxyl groups is 1. The Bertz CT molecular complexity index is 1190. The maximum atomic E-state index is 14.6. The molecule has 2 N–H and O–H groups in total. The molecular weight excluding hydrogens is 492 g/mol. The molecule has 0 aromatic heterocycles. The van der Waals surface area contributed by atoms with Gasteiger partial charge < -0.3 is 15.3 Å². The molecule has 37 heavy (non-hydrogen) atoms. The van der Waals surface area contributed by atoms with Crippen LogP contribution in [0.3, 0.4) is 0 Å². The van der Waals surface area contributed by atoms with Crippen LogP contribution in [0.15, 0.2) is 39.9 Å². The lowest BCUT2D eigenvalue weighted by atomic mass is 9.77. The monoisotopic (exact) mass is 520 g/mol. The highest BCUT2D eigenvalue weighted by Gasteiger charge is 2.39. The molecule has 3 heterocycles. The largest absolute Gasteiger partial charge is 0.419 e. The summed E-state index contributed by atoms with van der Waals surface area (Å²) in [5.74, 6) is -1.17. The Morgan fingerprint density at radius 2 is 2.05 bits per heavy atom. The van der Waals surface area contributed by atoms with Gasteiger partial charge in [-0.2, -0.15) is 23.5 Å². The maximum absolute atomic E-state index is 14.6. The van der Waals surface area contributed by atoms with Crippen LogP contribution in [0.2, 0.25) is 0 Å². The summed E-state index contributed by atoms with van der Waals surface area (Å²) >= 11 is 0. The van der Waals surface area contributed by atoms with E-state index in [0.717, 1.165) is 6.07 Å². The number of nitriles is 1. The van der Waals surface area contributed by atoms with Gasteiger partial charge in [-0.3, -0.25) is 9.79 Å². The molecule has 3 aliphatic heterocycles. The zero-order chi connectivity index (χ0) is 27.0. The SMILES string of the molecule is C[C@@H]1CN2N=C(N3CCC(CO)(CC#N)CC3)C=C(C(=O)N[C@H](C)c3cccc(C(F)(F)F)c3F)C2=N1. The van der Waals surface area contributed by atoms with E-state index in [-0.39, 0.29) is 30.2 Å². The molecule has 0 saturated carbocycles. The number of nitrogens with one attached hydrogen (secondary N) is 1. The van der Waals surface area contributed by atoms with Gasteiger partial charge >= 0.3 is 6.18 Å². The Hall–Kier alpha value is -3.46. The van der Waals surface area contributed by atoms with Crippen molar-refractivity contribution in [2.45, 2.75) is 51.4 Å². The number of benzene rings is 1. The van der Waals surface area contributed by atoms with E-state index in [2.05, 4.69) is 21.5 Å². The van der Waals surface area contributed by atoms with Gasteiger partial charge in [-0.25, -0.2) is 9.40 Å². The van der Waals surface area contributed by atoms with Gasteiger partial charge in [0.05, 0.1) is 35.8 Å². The van der Waals surface area contributed by atoms with Crippen LogP contribution in [-0.4, -0.2) is 64.9 Å². The number of aliphatic imine (C=N–C) groups is 1. The number of likely N-dealkylation sites (tertiary alicyclic amines) is 1. The molecule has 1 aromatic carbocycles. The molecule has 3 aliphatic rings. The van der Waals surface area contributed by atoms with Gasteiger partial charge in [0.2, 0.25) is 0 Å². The molecule has 0 unspecified atom stereocenters. The number of amidine groups is 2. The van der Waals surface area contributed by atoms with Crippen LogP contribution in [0, 0.1) is 22.6 Å². The third-order valence-electron chi connectivity index (χ3n) is 7.09. The minimum absolute atomic E-state index is 0.0885. The molecule has 198 valence electrons. The van der Waals surface area contributed by atoms with E-state index < -0.39 is 34.9 Å². The van der Waals surface area contributed by atoms with Gasteiger partial charge in [-0.1, -0.05) is 12.1 Å². The van der Waals surface area contributed by atoms with Gasteiger partial charge in [0.1, 0.15) is 11.7 Å². The summed E-state index contributed by atoms with van der Waals surface area (Å²) in [5.41, 5.74) is -1.95. The van der Waals surface area contributed by atoms with Gasteiger partial charge in [0.25, 0.3) is 5.91 Å². The average molecular weight is 521 g/mol. The highest BCUT2D eigenvalue weighted by atomic mass is 19.4. The second-order valence-corrected chi connectivity index (χ2v) is 9.78. The van der Waals surface area contributed by atoms with Crippen LogP contribution >= 0.6 is 0 Å². The van der Waals surface area contributed by atoms with E-state index in [1.165, 1.54) is 13.0 Å². The molecule has 1 fully saturated rings. The fourth-order valence-electron chi connectivity index (χ4n) is 4.84. The molecule has 1 saturated heterocycles. The van der Waals surface area contributed by atoms with E-state index in [4.69, 9.17) is 5.26 Å². The van der Waals surface area contributed by atoms with Gasteiger partial charge in [-0.05, 0) is 38.8 Å². The maximum Gasteiger partial charge on any atom is 0.419 e. The van der Waals surface area contributed by atoms with Crippen molar-refractivity contribution in [3.05, 3.63) is 46.8 Å². The molecule has 0 radical (unpaired) electrons. The summed E-state index contributed by atoms with van der Waals surface area (Å²) < 4.78 is 54.1. The summed E-state index contributed by atoms with van der Waals surface area (Å²) in [6.45, 7) is 4.69. The molecular formula is C25H28F4N6O2. The van der Waals surface area contributed by atoms with Crippen molar-refractivity contribution in [2.24, 2.45) is 15.5 Å². The van der Waals surface area contributed by atoms with Crippen LogP contribution in [0.25, 0.3) is 0 Å². The number of nitrogens with zero attached hydrogens (tertiary/aromatic N) is 5. The number of hydrogen-bond donors (Lipinski definition) is 2. The van der Waals surface area contributed by atoms with Crippen molar-refractivity contribution < 1.29 is 27.5 Å². The van der Waals surface area contributed by atoms with Crippen molar-refractivity contribution in [2.75, 3.05) is 26.2 Å². The Kier molecular flexibility index (Phi) is 7.28. The molecule has 0 aliphatic carbocycles. The summed E-state index contributed by atoms with van der Waals surface area (Å²) in [6.07, 6.45) is -1.87. The first kappa shape index (κ1) is 26.6. The van der Waals surface area contributed by atoms with Crippen LogP contribution < -0.4 is 5.32 Å². The second kappa shape index (κ2) is 10.1. The van der Waals surface area contributed by atoms with E-state index in [9.17, 15) is 27.5 Å².